The number of fused-ring (bicyclic) bond motifs is 4. The number of hydrogen-bond acceptors (Lipinski definition) is 8. The van der Waals surface area contributed by atoms with Crippen LogP contribution in [0.1, 0.15) is 0 Å². The first-order chi connectivity index (χ1) is 29.6. The van der Waals surface area contributed by atoms with Crippen LogP contribution in [0.2, 0.25) is 0 Å². The smallest absolute Gasteiger partial charge is 0.0273 e. The van der Waals surface area contributed by atoms with E-state index in [1.54, 1.807) is 186 Å². The zero-order chi connectivity index (χ0) is 43.3. The van der Waals surface area contributed by atoms with Gasteiger partial charge in [-0.2, -0.15) is 0 Å². The van der Waals surface area contributed by atoms with Gasteiger partial charge in [-0.05, 0) is 54.6 Å². The minimum Gasteiger partial charge on any atom is -0.0877 e. The van der Waals surface area contributed by atoms with Crippen LogP contribution in [0, 0.1) is 0 Å². The van der Waals surface area contributed by atoms with E-state index >= 15 is 0 Å². The molecule has 6 rings (SSSR count). The van der Waals surface area contributed by atoms with E-state index in [-0.39, 0.29) is 0 Å². The average Bonchev–Trinajstić information content (AvgIpc) is 3.29. The molecule has 36 heteroatoms. The summed E-state index contributed by atoms with van der Waals surface area (Å²) in [5.41, 5.74) is 0. The van der Waals surface area contributed by atoms with Crippen LogP contribution in [0.4, 0.5) is 0 Å². The van der Waals surface area contributed by atoms with Gasteiger partial charge >= 0.3 is 0 Å². The largest absolute Gasteiger partial charge is 0.0877 e. The summed E-state index contributed by atoms with van der Waals surface area (Å²) < 4.78 is 1.15. The van der Waals surface area contributed by atoms with Crippen LogP contribution in [0.25, 0.3) is 0 Å². The SMILES string of the molecule is BrBr.Brc1ccc2c(c1)Sc1ccccc1S2.S=S=S=S=S=S=S=S=S=S=S=S=S=S.S=S=S=S=S=S=S=S=S=S=S=S=S=S=S.c1ccc2c(c1)Sc1ccccc1S2. The third-order valence-corrected chi connectivity index (χ3v) is 61.7. The highest BCUT2D eigenvalue weighted by atomic mass is 80.9. The summed E-state index contributed by atoms with van der Waals surface area (Å²) in [6.45, 7) is 0. The van der Waals surface area contributed by atoms with Crippen molar-refractivity contribution < 1.29 is 0 Å². The van der Waals surface area contributed by atoms with Gasteiger partial charge in [-0.25, -0.2) is 0 Å². The van der Waals surface area contributed by atoms with Crippen LogP contribution >= 0.6 is 91.2 Å². The molecular formula is C24H15Br3S33. The molecule has 4 aromatic carbocycles. The van der Waals surface area contributed by atoms with Crippen molar-refractivity contribution in [1.29, 1.82) is 0 Å². The first-order valence-electron chi connectivity index (χ1n) is 13.7. The highest BCUT2D eigenvalue weighted by molar-refractivity contribution is 9.93. The number of halogens is 3. The molecule has 60 heavy (non-hydrogen) atoms. The molecule has 0 amide bonds. The van der Waals surface area contributed by atoms with Crippen LogP contribution < -0.4 is 0 Å². The Morgan fingerprint density at radius 2 is 0.483 bits per heavy atom. The van der Waals surface area contributed by atoms with Crippen molar-refractivity contribution in [3.8, 4) is 0 Å². The molecule has 2 heterocycles. The van der Waals surface area contributed by atoms with Crippen LogP contribution in [0.3, 0.4) is 0 Å². The van der Waals surface area contributed by atoms with E-state index in [4.69, 9.17) is 44.8 Å². The maximum absolute atomic E-state index is 4.72. The summed E-state index contributed by atoms with van der Waals surface area (Å²) >= 11 is 35.3. The normalized spacial score (nSPS) is 9.92. The number of rotatable bonds is 0. The zero-order valence-corrected chi connectivity index (χ0v) is 59.5. The summed E-state index contributed by atoms with van der Waals surface area (Å²) in [6.07, 6.45) is 0. The molecule has 0 bridgehead atoms. The van der Waals surface area contributed by atoms with E-state index in [1.807, 2.05) is 47.0 Å². The molecule has 0 radical (unpaired) electrons. The van der Waals surface area contributed by atoms with E-state index in [1.165, 1.54) is 74.7 Å². The van der Waals surface area contributed by atoms with Gasteiger partial charge in [0.25, 0.3) is 0 Å². The molecule has 0 aromatic heterocycles. The van der Waals surface area contributed by atoms with Gasteiger partial charge in [0.2, 0.25) is 0 Å². The third-order valence-electron chi connectivity index (χ3n) is 4.97. The Balaban J connectivity index is 0.000000272. The Morgan fingerprint density at radius 1 is 0.283 bits per heavy atom. The van der Waals surface area contributed by atoms with E-state index in [2.05, 4.69) is 135 Å². The molecule has 0 spiro atoms. The van der Waals surface area contributed by atoms with Crippen molar-refractivity contribution >= 4 is 358 Å². The molecular weight excluding hydrogens is 1590 g/mol. The predicted molar refractivity (Wildman–Crippen MR) is 361 cm³/mol. The molecule has 0 N–H and O–H groups in total. The highest BCUT2D eigenvalue weighted by Gasteiger charge is 2.16. The first kappa shape index (κ1) is 62.2. The molecule has 0 fully saturated rings. The van der Waals surface area contributed by atoms with Gasteiger partial charge in [0.05, 0.1) is 0 Å². The molecule has 0 saturated heterocycles. The fourth-order valence-corrected chi connectivity index (χ4v) is 65.8. The van der Waals surface area contributed by atoms with E-state index in [9.17, 15) is 0 Å². The quantitative estimate of drug-likeness (QED) is 0.146. The Bertz CT molecular complexity index is 3040. The topological polar surface area (TPSA) is 0 Å². The maximum Gasteiger partial charge on any atom is 0.0273 e. The number of hydrogen-bond donors (Lipinski definition) is 0. The summed E-state index contributed by atoms with van der Waals surface area (Å²) in [4.78, 5) is 10.9. The van der Waals surface area contributed by atoms with Crippen LogP contribution in [0.5, 0.6) is 0 Å². The fourth-order valence-electron chi connectivity index (χ4n) is 3.21. The number of benzene rings is 4. The van der Waals surface area contributed by atoms with Gasteiger partial charge in [0.15, 0.2) is 0 Å². The Hall–Kier alpha value is 6.10. The maximum atomic E-state index is 4.72. The first-order valence-corrected chi connectivity index (χ1v) is 57.5. The van der Waals surface area contributed by atoms with Crippen molar-refractivity contribution in [3.63, 3.8) is 0 Å². The van der Waals surface area contributed by atoms with Crippen molar-refractivity contribution in [2.24, 2.45) is 0 Å². The fraction of sp³-hybridized carbons (Fsp3) is 0. The molecule has 0 aliphatic carbocycles. The second kappa shape index (κ2) is 45.0. The molecule has 0 nitrogen and oxygen atoms in total. The van der Waals surface area contributed by atoms with Crippen molar-refractivity contribution in [2.75, 3.05) is 0 Å². The van der Waals surface area contributed by atoms with Crippen molar-refractivity contribution in [2.45, 2.75) is 39.2 Å². The minimum atomic E-state index is 1.15. The third kappa shape index (κ3) is 30.8. The summed E-state index contributed by atoms with van der Waals surface area (Å²) in [5.74, 6) is 0. The van der Waals surface area contributed by atoms with Gasteiger partial charge in [-0.1, -0.05) is 99.4 Å². The Labute approximate surface area is 481 Å². The Morgan fingerprint density at radius 3 is 0.717 bits per heavy atom. The monoisotopic (exact) mass is 1590 g/mol. The van der Waals surface area contributed by atoms with Gasteiger partial charge < -0.3 is 0 Å². The predicted octanol–water partition coefficient (Wildman–Crippen LogP) is 11.0. The summed E-state index contributed by atoms with van der Waals surface area (Å²) in [6, 6.07) is 32.1. The summed E-state index contributed by atoms with van der Waals surface area (Å²) in [5, 5.41) is 0. The lowest BCUT2D eigenvalue weighted by Crippen LogP contribution is -1.88. The van der Waals surface area contributed by atoms with Gasteiger partial charge in [0, 0.05) is 339 Å². The van der Waals surface area contributed by atoms with Crippen molar-refractivity contribution in [1.82, 2.24) is 0 Å². The molecule has 2 aliphatic rings. The van der Waals surface area contributed by atoms with Gasteiger partial charge in [-0.15, -0.1) is 0 Å². The van der Waals surface area contributed by atoms with Crippen LogP contribution in [0.15, 0.2) is 135 Å². The lowest BCUT2D eigenvalue weighted by Gasteiger charge is -2.17. The second-order valence-corrected chi connectivity index (χ2v) is 57.5. The van der Waals surface area contributed by atoms with Gasteiger partial charge in [-0.3, -0.25) is 0 Å². The van der Waals surface area contributed by atoms with Crippen molar-refractivity contribution in [3.05, 3.63) is 95.5 Å². The van der Waals surface area contributed by atoms with Crippen LogP contribution in [-0.2, 0) is 267 Å². The molecule has 0 unspecified atom stereocenters. The average molecular weight is 1600 g/mol. The molecule has 0 saturated carbocycles. The molecule has 4 aromatic rings. The zero-order valence-electron chi connectivity index (χ0n) is 27.8. The summed E-state index contributed by atoms with van der Waals surface area (Å²) in [7, 11) is 41.6. The molecule has 330 valence electrons. The molecule has 2 aliphatic heterocycles. The Kier molecular flexibility index (Phi) is 46.7. The molecule has 0 atom stereocenters. The minimum absolute atomic E-state index is 1.15. The lowest BCUT2D eigenvalue weighted by molar-refractivity contribution is 1.15. The van der Waals surface area contributed by atoms with Crippen LogP contribution in [-0.4, -0.2) is 0 Å². The van der Waals surface area contributed by atoms with E-state index < -0.39 is 0 Å². The van der Waals surface area contributed by atoms with E-state index in [0.29, 0.717) is 0 Å². The van der Waals surface area contributed by atoms with Gasteiger partial charge in [0.1, 0.15) is 0 Å². The standard InChI is InChI=1S/C12H7BrS2.C12H8S2.Br2.S15.S14/c13-8-5-6-11-12(7-8)15-10-4-2-1-3-9(10)14-11;1-2-6-10-9(5-1)13-11-7-3-4-8-12(11)14-10;1-2;1-3-5-7-9-11-13-15-14-12-10-8-6-4-2;1-3-5-7-9-11-13-14-12-10-8-6-4-2/h1-7H;1-8H;;;. The van der Waals surface area contributed by atoms with E-state index in [0.717, 1.165) is 4.47 Å². The second-order valence-electron chi connectivity index (χ2n) is 8.04. The highest BCUT2D eigenvalue weighted by Crippen LogP contribution is 2.49. The lowest BCUT2D eigenvalue weighted by atomic mass is 10.3.